The minimum absolute atomic E-state index is 0.0786. The zero-order valence-corrected chi connectivity index (χ0v) is 28.9. The molecule has 0 bridgehead atoms. The number of aryl methyl sites for hydroxylation is 2. The lowest BCUT2D eigenvalue weighted by molar-refractivity contribution is -0.127. The monoisotopic (exact) mass is 664 g/mol. The molecule has 9 heteroatoms. The van der Waals surface area contributed by atoms with Crippen LogP contribution in [0.2, 0.25) is 0 Å². The molecule has 49 heavy (non-hydrogen) atoms. The second kappa shape index (κ2) is 18.1. The van der Waals surface area contributed by atoms with Gasteiger partial charge in [-0.25, -0.2) is 0 Å². The summed E-state index contributed by atoms with van der Waals surface area (Å²) in [6, 6.07) is 22.2. The average Bonchev–Trinajstić information content (AvgIpc) is 3.62. The fourth-order valence-electron chi connectivity index (χ4n) is 6.88. The van der Waals surface area contributed by atoms with E-state index in [4.69, 9.17) is 14.2 Å². The summed E-state index contributed by atoms with van der Waals surface area (Å²) in [6.45, 7) is 2.02. The Bertz CT molecular complexity index is 1550. The maximum absolute atomic E-state index is 13.9. The summed E-state index contributed by atoms with van der Waals surface area (Å²) in [7, 11) is 4.50. The van der Waals surface area contributed by atoms with Gasteiger partial charge in [0, 0.05) is 62.1 Å². The molecule has 258 valence electrons. The Hall–Kier alpha value is -4.76. The van der Waals surface area contributed by atoms with Gasteiger partial charge in [-0.3, -0.25) is 24.5 Å². The van der Waals surface area contributed by atoms with Gasteiger partial charge in [0.1, 0.15) is 0 Å². The van der Waals surface area contributed by atoms with E-state index in [0.717, 1.165) is 57.9 Å². The third-order valence-corrected chi connectivity index (χ3v) is 9.45. The smallest absolute Gasteiger partial charge is 0.295 e. The van der Waals surface area contributed by atoms with Crippen molar-refractivity contribution >= 4 is 11.7 Å². The maximum atomic E-state index is 13.9. The zero-order valence-electron chi connectivity index (χ0n) is 28.9. The number of hydrogen-bond donors (Lipinski definition) is 0. The molecule has 1 saturated heterocycles. The number of pyridine rings is 2. The molecule has 1 aliphatic rings. The summed E-state index contributed by atoms with van der Waals surface area (Å²) in [6.07, 6.45) is 15.2. The summed E-state index contributed by atoms with van der Waals surface area (Å²) < 4.78 is 16.3. The van der Waals surface area contributed by atoms with Crippen LogP contribution >= 0.6 is 0 Å². The fourth-order valence-corrected chi connectivity index (χ4v) is 6.88. The van der Waals surface area contributed by atoms with Crippen molar-refractivity contribution in [1.29, 1.82) is 0 Å². The molecule has 0 unspecified atom stereocenters. The standard InChI is InChI=1S/C40H48N4O5/c1-47-36-26-33(27-37(48-2)39(36)49-3)38(45)40(46)44-25-9-16-35(44)29-43(28-32-10-5-4-6-11-32)34(14-7-12-30-17-21-41-22-18-30)15-8-13-31-19-23-42-24-20-31/h4-6,10-11,17-24,26-27,34-35H,7-9,12-16,25,28-29H2,1-3H3/t35-/m0/s1. The molecular formula is C40H48N4O5. The molecule has 0 spiro atoms. The number of rotatable bonds is 18. The van der Waals surface area contributed by atoms with Crippen LogP contribution in [-0.2, 0) is 24.2 Å². The van der Waals surface area contributed by atoms with E-state index < -0.39 is 11.7 Å². The molecule has 1 amide bonds. The Kier molecular flexibility index (Phi) is 13.1. The van der Waals surface area contributed by atoms with Crippen molar-refractivity contribution in [3.8, 4) is 17.2 Å². The molecule has 0 saturated carbocycles. The van der Waals surface area contributed by atoms with Crippen LogP contribution in [0.4, 0.5) is 0 Å². The molecule has 2 aromatic heterocycles. The number of methoxy groups -OCH3 is 3. The molecule has 0 aliphatic carbocycles. The summed E-state index contributed by atoms with van der Waals surface area (Å²) >= 11 is 0. The van der Waals surface area contributed by atoms with Gasteiger partial charge in [0.15, 0.2) is 11.5 Å². The van der Waals surface area contributed by atoms with Crippen LogP contribution in [0.15, 0.2) is 91.5 Å². The van der Waals surface area contributed by atoms with Crippen molar-refractivity contribution in [3.05, 3.63) is 114 Å². The number of Topliss-reactive ketones (excluding diaryl/α,β-unsaturated/α-hetero) is 1. The van der Waals surface area contributed by atoms with E-state index in [2.05, 4.69) is 63.4 Å². The number of benzene rings is 2. The number of aromatic nitrogens is 2. The molecule has 0 radical (unpaired) electrons. The predicted molar refractivity (Wildman–Crippen MR) is 190 cm³/mol. The van der Waals surface area contributed by atoms with Gasteiger partial charge in [-0.05, 0) is 104 Å². The average molecular weight is 665 g/mol. The maximum Gasteiger partial charge on any atom is 0.295 e. The lowest BCUT2D eigenvalue weighted by Crippen LogP contribution is -2.48. The molecule has 2 aromatic carbocycles. The molecule has 5 rings (SSSR count). The van der Waals surface area contributed by atoms with Gasteiger partial charge in [-0.1, -0.05) is 30.3 Å². The first-order valence-electron chi connectivity index (χ1n) is 17.2. The van der Waals surface area contributed by atoms with Crippen molar-refractivity contribution in [2.24, 2.45) is 0 Å². The first kappa shape index (κ1) is 35.5. The molecule has 0 N–H and O–H groups in total. The lowest BCUT2D eigenvalue weighted by Gasteiger charge is -2.36. The molecule has 3 heterocycles. The predicted octanol–water partition coefficient (Wildman–Crippen LogP) is 6.59. The van der Waals surface area contributed by atoms with Gasteiger partial charge in [0.05, 0.1) is 21.3 Å². The number of ether oxygens (including phenoxy) is 3. The Morgan fingerprint density at radius 3 is 1.90 bits per heavy atom. The van der Waals surface area contributed by atoms with Crippen LogP contribution in [0.1, 0.15) is 65.6 Å². The highest BCUT2D eigenvalue weighted by atomic mass is 16.5. The highest BCUT2D eigenvalue weighted by Crippen LogP contribution is 2.38. The molecule has 1 aliphatic heterocycles. The van der Waals surface area contributed by atoms with Gasteiger partial charge >= 0.3 is 0 Å². The van der Waals surface area contributed by atoms with Gasteiger partial charge in [0.2, 0.25) is 5.75 Å². The SMILES string of the molecule is COc1cc(C(=O)C(=O)N2CCC[C@H]2CN(Cc2ccccc2)C(CCCc2ccncc2)CCCc2ccncc2)cc(OC)c1OC. The van der Waals surface area contributed by atoms with Crippen LogP contribution in [0, 0.1) is 0 Å². The van der Waals surface area contributed by atoms with E-state index in [9.17, 15) is 9.59 Å². The summed E-state index contributed by atoms with van der Waals surface area (Å²) in [5.74, 6) is -0.0170. The largest absolute Gasteiger partial charge is 0.493 e. The Morgan fingerprint density at radius 1 is 0.796 bits per heavy atom. The first-order valence-corrected chi connectivity index (χ1v) is 17.2. The first-order chi connectivity index (χ1) is 24.0. The Labute approximate surface area is 290 Å². The molecule has 1 atom stereocenters. The lowest BCUT2D eigenvalue weighted by atomic mass is 9.97. The summed E-state index contributed by atoms with van der Waals surface area (Å²) in [5, 5.41) is 0. The highest BCUT2D eigenvalue weighted by molar-refractivity contribution is 6.43. The zero-order chi connectivity index (χ0) is 34.4. The third-order valence-electron chi connectivity index (χ3n) is 9.45. The molecule has 9 nitrogen and oxygen atoms in total. The Balaban J connectivity index is 1.36. The van der Waals surface area contributed by atoms with E-state index in [0.29, 0.717) is 36.4 Å². The number of ketones is 1. The van der Waals surface area contributed by atoms with Crippen molar-refractivity contribution in [1.82, 2.24) is 19.8 Å². The topological polar surface area (TPSA) is 94.1 Å². The van der Waals surface area contributed by atoms with E-state index in [-0.39, 0.29) is 11.6 Å². The summed E-state index contributed by atoms with van der Waals surface area (Å²) in [5.41, 5.74) is 4.03. The van der Waals surface area contributed by atoms with Crippen LogP contribution in [0.5, 0.6) is 17.2 Å². The summed E-state index contributed by atoms with van der Waals surface area (Å²) in [4.78, 5) is 40.3. The van der Waals surface area contributed by atoms with Gasteiger partial charge in [-0.15, -0.1) is 0 Å². The van der Waals surface area contributed by atoms with Crippen LogP contribution in [0.25, 0.3) is 0 Å². The second-order valence-electron chi connectivity index (χ2n) is 12.6. The van der Waals surface area contributed by atoms with Crippen LogP contribution in [0.3, 0.4) is 0 Å². The van der Waals surface area contributed by atoms with E-state index in [1.165, 1.54) is 38.0 Å². The van der Waals surface area contributed by atoms with Crippen molar-refractivity contribution in [2.45, 2.75) is 70.0 Å². The number of likely N-dealkylation sites (tertiary alicyclic amines) is 1. The minimum atomic E-state index is -0.577. The van der Waals surface area contributed by atoms with E-state index in [1.807, 2.05) is 30.9 Å². The Morgan fingerprint density at radius 2 is 1.37 bits per heavy atom. The quantitative estimate of drug-likeness (QED) is 0.0869. The molecular weight excluding hydrogens is 616 g/mol. The van der Waals surface area contributed by atoms with Gasteiger partial charge < -0.3 is 19.1 Å². The van der Waals surface area contributed by atoms with Gasteiger partial charge in [-0.2, -0.15) is 0 Å². The minimum Gasteiger partial charge on any atom is -0.493 e. The normalized spacial score (nSPS) is 14.3. The number of nitrogens with zero attached hydrogens (tertiary/aromatic N) is 4. The number of amides is 1. The fraction of sp³-hybridized carbons (Fsp3) is 0.400. The van der Waals surface area contributed by atoms with Crippen molar-refractivity contribution in [2.75, 3.05) is 34.4 Å². The van der Waals surface area contributed by atoms with E-state index >= 15 is 0 Å². The highest BCUT2D eigenvalue weighted by Gasteiger charge is 2.36. The number of hydrogen-bond acceptors (Lipinski definition) is 8. The molecule has 4 aromatic rings. The van der Waals surface area contributed by atoms with Crippen molar-refractivity contribution in [3.63, 3.8) is 0 Å². The molecule has 1 fully saturated rings. The second-order valence-corrected chi connectivity index (χ2v) is 12.6. The third kappa shape index (κ3) is 9.66. The van der Waals surface area contributed by atoms with Gasteiger partial charge in [0.25, 0.3) is 11.7 Å². The number of carbonyl (C=O) groups excluding carboxylic acids is 2. The van der Waals surface area contributed by atoms with Crippen LogP contribution in [-0.4, -0.2) is 78.0 Å². The van der Waals surface area contributed by atoms with E-state index in [1.54, 1.807) is 17.0 Å². The van der Waals surface area contributed by atoms with Crippen LogP contribution < -0.4 is 14.2 Å². The van der Waals surface area contributed by atoms with Crippen molar-refractivity contribution < 1.29 is 23.8 Å². The number of carbonyl (C=O) groups is 2.